The molecule has 10 nitrogen and oxygen atoms in total. The van der Waals surface area contributed by atoms with Crippen LogP contribution in [-0.2, 0) is 26.1 Å². The van der Waals surface area contributed by atoms with Gasteiger partial charge < -0.3 is 18.9 Å². The van der Waals surface area contributed by atoms with Crippen molar-refractivity contribution in [1.29, 1.82) is 0 Å². The zero-order valence-corrected chi connectivity index (χ0v) is 23.9. The van der Waals surface area contributed by atoms with E-state index >= 15 is 0 Å². The normalized spacial score (nSPS) is 15.3. The van der Waals surface area contributed by atoms with Crippen LogP contribution < -0.4 is 18.5 Å². The number of alkyl halides is 3. The predicted molar refractivity (Wildman–Crippen MR) is 148 cm³/mol. The maximum absolute atomic E-state index is 14.1. The van der Waals surface area contributed by atoms with Crippen LogP contribution in [0.5, 0.6) is 17.4 Å². The summed E-state index contributed by atoms with van der Waals surface area (Å²) in [6, 6.07) is 10.4. The molecule has 1 aliphatic heterocycles. The Hall–Kier alpha value is -4.20. The van der Waals surface area contributed by atoms with Gasteiger partial charge in [0.25, 0.3) is 15.9 Å². The molecule has 2 heterocycles. The number of ether oxygens (including phenoxy) is 4. The first kappa shape index (κ1) is 30.8. The lowest BCUT2D eigenvalue weighted by atomic mass is 10.1. The summed E-state index contributed by atoms with van der Waals surface area (Å²) in [5, 5.41) is 4.23. The monoisotopic (exact) mass is 609 g/mol. The minimum absolute atomic E-state index is 0.0164. The number of halogens is 3. The van der Waals surface area contributed by atoms with Crippen molar-refractivity contribution in [3.8, 4) is 17.4 Å². The van der Waals surface area contributed by atoms with Crippen molar-refractivity contribution in [1.82, 2.24) is 9.78 Å². The molecule has 42 heavy (non-hydrogen) atoms. The SMILES string of the molecule is CCOc1nn(CC)cc1S(=O)(=O)N1CC(CCC(=O)OC)Oc2ccc(C=Cc3ccccc3OC(F)(F)F)cc21. The third-order valence-corrected chi connectivity index (χ3v) is 8.04. The number of hydrogen-bond donors (Lipinski definition) is 0. The molecule has 0 saturated heterocycles. The molecule has 226 valence electrons. The van der Waals surface area contributed by atoms with Crippen molar-refractivity contribution in [2.75, 3.05) is 24.6 Å². The van der Waals surface area contributed by atoms with Gasteiger partial charge >= 0.3 is 12.3 Å². The molecule has 0 radical (unpaired) electrons. The van der Waals surface area contributed by atoms with Crippen LogP contribution in [0.25, 0.3) is 12.2 Å². The number of rotatable bonds is 11. The number of methoxy groups -OCH3 is 1. The average Bonchev–Trinajstić information content (AvgIpc) is 3.38. The summed E-state index contributed by atoms with van der Waals surface area (Å²) in [7, 11) is -2.98. The molecule has 1 aliphatic rings. The van der Waals surface area contributed by atoms with Crippen molar-refractivity contribution in [3.05, 3.63) is 59.8 Å². The van der Waals surface area contributed by atoms with Gasteiger partial charge in [-0.2, -0.15) is 0 Å². The largest absolute Gasteiger partial charge is 0.573 e. The van der Waals surface area contributed by atoms with E-state index in [0.717, 1.165) is 0 Å². The van der Waals surface area contributed by atoms with Gasteiger partial charge in [0.05, 0.1) is 25.9 Å². The number of para-hydroxylation sites is 1. The van der Waals surface area contributed by atoms with Gasteiger partial charge in [-0.15, -0.1) is 18.3 Å². The molecule has 0 amide bonds. The van der Waals surface area contributed by atoms with E-state index in [1.165, 1.54) is 52.6 Å². The smallest absolute Gasteiger partial charge is 0.486 e. The molecule has 3 aromatic rings. The van der Waals surface area contributed by atoms with Gasteiger partial charge in [-0.25, -0.2) is 8.42 Å². The van der Waals surface area contributed by atoms with E-state index in [9.17, 15) is 26.4 Å². The number of aryl methyl sites for hydroxylation is 1. The number of hydrogen-bond acceptors (Lipinski definition) is 8. The number of nitrogens with zero attached hydrogens (tertiary/aromatic N) is 3. The Bertz CT molecular complexity index is 1550. The Morgan fingerprint density at radius 3 is 2.62 bits per heavy atom. The van der Waals surface area contributed by atoms with E-state index < -0.39 is 28.5 Å². The first-order valence-electron chi connectivity index (χ1n) is 13.1. The molecule has 0 bridgehead atoms. The number of fused-ring (bicyclic) bond motifs is 1. The maximum Gasteiger partial charge on any atom is 0.573 e. The Morgan fingerprint density at radius 1 is 1.17 bits per heavy atom. The molecular formula is C28H30F3N3O7S. The number of aromatic nitrogens is 2. The average molecular weight is 610 g/mol. The molecule has 1 unspecified atom stereocenters. The number of carbonyl (C=O) groups is 1. The standard InChI is InChI=1S/C28H30F3N3O7S/c1-4-33-18-25(27(32-33)39-5-2)42(36,37)34-17-21(13-15-26(35)38-3)40-24-14-11-19(16-22(24)34)10-12-20-8-6-7-9-23(20)41-28(29,30)31/h6-12,14,16,18,21H,4-5,13,15,17H2,1-3H3. The summed E-state index contributed by atoms with van der Waals surface area (Å²) in [5.74, 6) is -0.636. The fourth-order valence-corrected chi connectivity index (χ4v) is 5.87. The summed E-state index contributed by atoms with van der Waals surface area (Å²) in [6.45, 7) is 4.00. The second-order valence-electron chi connectivity index (χ2n) is 9.12. The van der Waals surface area contributed by atoms with Gasteiger partial charge in [0.2, 0.25) is 0 Å². The fourth-order valence-electron chi connectivity index (χ4n) is 4.29. The molecule has 0 N–H and O–H groups in total. The molecular weight excluding hydrogens is 579 g/mol. The van der Waals surface area contributed by atoms with Crippen LogP contribution in [-0.4, -0.2) is 56.9 Å². The number of anilines is 1. The second kappa shape index (κ2) is 12.8. The minimum atomic E-state index is -4.86. The number of carbonyl (C=O) groups excluding carboxylic acids is 1. The Kier molecular flexibility index (Phi) is 9.34. The van der Waals surface area contributed by atoms with Gasteiger partial charge in [-0.3, -0.25) is 13.8 Å². The van der Waals surface area contributed by atoms with Crippen LogP contribution in [0.15, 0.2) is 53.6 Å². The van der Waals surface area contributed by atoms with Gasteiger partial charge in [-0.1, -0.05) is 36.4 Å². The van der Waals surface area contributed by atoms with Gasteiger partial charge in [0.1, 0.15) is 17.6 Å². The third-order valence-electron chi connectivity index (χ3n) is 6.28. The van der Waals surface area contributed by atoms with Crippen molar-refractivity contribution in [2.24, 2.45) is 0 Å². The Balaban J connectivity index is 1.74. The van der Waals surface area contributed by atoms with Gasteiger partial charge in [-0.05, 0) is 44.0 Å². The van der Waals surface area contributed by atoms with Crippen LogP contribution in [0.3, 0.4) is 0 Å². The molecule has 4 rings (SSSR count). The quantitative estimate of drug-likeness (QED) is 0.213. The summed E-state index contributed by atoms with van der Waals surface area (Å²) < 4.78 is 89.8. The molecule has 14 heteroatoms. The van der Waals surface area contributed by atoms with Crippen LogP contribution in [0.2, 0.25) is 0 Å². The summed E-state index contributed by atoms with van der Waals surface area (Å²) in [6.07, 6.45) is -0.962. The van der Waals surface area contributed by atoms with E-state index in [0.29, 0.717) is 12.1 Å². The lowest BCUT2D eigenvalue weighted by Gasteiger charge is -2.35. The molecule has 0 spiro atoms. The lowest BCUT2D eigenvalue weighted by molar-refractivity contribution is -0.274. The van der Waals surface area contributed by atoms with E-state index in [1.807, 2.05) is 6.92 Å². The van der Waals surface area contributed by atoms with Crippen molar-refractivity contribution in [2.45, 2.75) is 50.6 Å². The van der Waals surface area contributed by atoms with Gasteiger partial charge in [0.15, 0.2) is 4.90 Å². The van der Waals surface area contributed by atoms with Gasteiger partial charge in [0, 0.05) is 24.7 Å². The summed E-state index contributed by atoms with van der Waals surface area (Å²) in [5.41, 5.74) is 0.865. The van der Waals surface area contributed by atoms with E-state index in [4.69, 9.17) is 14.2 Å². The Labute approximate surface area is 241 Å². The zero-order chi connectivity index (χ0) is 30.5. The van der Waals surface area contributed by atoms with Crippen molar-refractivity contribution < 1.29 is 45.3 Å². The highest BCUT2D eigenvalue weighted by Gasteiger charge is 2.38. The van der Waals surface area contributed by atoms with Crippen molar-refractivity contribution >= 4 is 33.8 Å². The topological polar surface area (TPSA) is 109 Å². The first-order chi connectivity index (χ1) is 19.9. The summed E-state index contributed by atoms with van der Waals surface area (Å²) in [4.78, 5) is 11.6. The fraction of sp³-hybridized carbons (Fsp3) is 0.357. The highest BCUT2D eigenvalue weighted by molar-refractivity contribution is 7.93. The highest BCUT2D eigenvalue weighted by atomic mass is 32.2. The number of benzene rings is 2. The molecule has 1 aromatic heterocycles. The van der Waals surface area contributed by atoms with E-state index in [2.05, 4.69) is 9.84 Å². The molecule has 0 aliphatic carbocycles. The molecule has 0 fully saturated rings. The minimum Gasteiger partial charge on any atom is -0.486 e. The first-order valence-corrected chi connectivity index (χ1v) is 14.5. The van der Waals surface area contributed by atoms with Crippen molar-refractivity contribution in [3.63, 3.8) is 0 Å². The molecule has 2 aromatic carbocycles. The summed E-state index contributed by atoms with van der Waals surface area (Å²) >= 11 is 0. The second-order valence-corrected chi connectivity index (χ2v) is 11.0. The number of esters is 1. The van der Waals surface area contributed by atoms with Crippen LogP contribution in [0.4, 0.5) is 18.9 Å². The zero-order valence-electron chi connectivity index (χ0n) is 23.1. The predicted octanol–water partition coefficient (Wildman–Crippen LogP) is 5.28. The Morgan fingerprint density at radius 2 is 1.93 bits per heavy atom. The number of sulfonamides is 1. The molecule has 1 atom stereocenters. The van der Waals surface area contributed by atoms with E-state index in [1.54, 1.807) is 31.2 Å². The third kappa shape index (κ3) is 7.16. The van der Waals surface area contributed by atoms with Crippen LogP contribution in [0.1, 0.15) is 37.8 Å². The van der Waals surface area contributed by atoms with E-state index in [-0.39, 0.29) is 59.5 Å². The highest BCUT2D eigenvalue weighted by Crippen LogP contribution is 2.40. The van der Waals surface area contributed by atoms with Crippen LogP contribution in [0, 0.1) is 0 Å². The molecule has 0 saturated carbocycles. The maximum atomic E-state index is 14.1. The lowest BCUT2D eigenvalue weighted by Crippen LogP contribution is -2.43. The van der Waals surface area contributed by atoms with Crippen LogP contribution >= 0.6 is 0 Å².